The van der Waals surface area contributed by atoms with Crippen molar-refractivity contribution in [2.75, 3.05) is 49.5 Å². The molecule has 1 atom stereocenters. The maximum atomic E-state index is 12.1. The highest BCUT2D eigenvalue weighted by molar-refractivity contribution is 8.13. The lowest BCUT2D eigenvalue weighted by atomic mass is 10.3. The standard InChI is InChI=1S/C14H20N6OS/c1-2-19-5-7-20(8-6-19)12-3-4-16-14(17-12)18-13(21)11-9-15-10-22-11/h3-4,10-11H,2,5-9H2,1H3,(H,16,17,18,21). The Kier molecular flexibility index (Phi) is 4.89. The Morgan fingerprint density at radius 2 is 2.23 bits per heavy atom. The number of nitrogens with one attached hydrogen (secondary N) is 1. The molecular formula is C14H20N6OS. The minimum Gasteiger partial charge on any atom is -0.354 e. The number of hydrogen-bond donors (Lipinski definition) is 1. The quantitative estimate of drug-likeness (QED) is 0.880. The van der Waals surface area contributed by atoms with Crippen LogP contribution >= 0.6 is 11.8 Å². The van der Waals surface area contributed by atoms with Gasteiger partial charge in [-0.25, -0.2) is 4.98 Å². The molecule has 3 rings (SSSR count). The second kappa shape index (κ2) is 7.06. The summed E-state index contributed by atoms with van der Waals surface area (Å²) in [6.45, 7) is 7.76. The molecule has 1 unspecified atom stereocenters. The first-order valence-electron chi connectivity index (χ1n) is 7.51. The van der Waals surface area contributed by atoms with Crippen molar-refractivity contribution in [3.05, 3.63) is 12.3 Å². The number of hydrogen-bond acceptors (Lipinski definition) is 7. The molecule has 0 radical (unpaired) electrons. The summed E-state index contributed by atoms with van der Waals surface area (Å²) >= 11 is 1.43. The Balaban J connectivity index is 1.61. The number of aromatic nitrogens is 2. The number of rotatable bonds is 4. The third-order valence-electron chi connectivity index (χ3n) is 3.88. The summed E-state index contributed by atoms with van der Waals surface area (Å²) in [5.74, 6) is 1.15. The molecule has 1 fully saturated rings. The van der Waals surface area contributed by atoms with Gasteiger partial charge in [0.25, 0.3) is 0 Å². The number of amides is 1. The van der Waals surface area contributed by atoms with E-state index < -0.39 is 0 Å². The van der Waals surface area contributed by atoms with Crippen LogP contribution in [0.3, 0.4) is 0 Å². The Morgan fingerprint density at radius 1 is 1.41 bits per heavy atom. The van der Waals surface area contributed by atoms with E-state index in [1.807, 2.05) is 6.07 Å². The molecular weight excluding hydrogens is 300 g/mol. The van der Waals surface area contributed by atoms with Gasteiger partial charge in [0.2, 0.25) is 11.9 Å². The lowest BCUT2D eigenvalue weighted by Crippen LogP contribution is -2.46. The van der Waals surface area contributed by atoms with E-state index in [0.717, 1.165) is 38.5 Å². The molecule has 1 amide bonds. The van der Waals surface area contributed by atoms with Crippen molar-refractivity contribution in [2.24, 2.45) is 4.99 Å². The van der Waals surface area contributed by atoms with Crippen LogP contribution in [0, 0.1) is 0 Å². The molecule has 0 spiro atoms. The zero-order valence-corrected chi connectivity index (χ0v) is 13.4. The predicted octanol–water partition coefficient (Wildman–Crippen LogP) is 0.701. The van der Waals surface area contributed by atoms with Crippen LogP contribution in [0.5, 0.6) is 0 Å². The molecule has 0 bridgehead atoms. The first kappa shape index (κ1) is 15.2. The van der Waals surface area contributed by atoms with Crippen LogP contribution in [0.25, 0.3) is 0 Å². The monoisotopic (exact) mass is 320 g/mol. The van der Waals surface area contributed by atoms with E-state index in [-0.39, 0.29) is 11.2 Å². The number of thioether (sulfide) groups is 1. The van der Waals surface area contributed by atoms with Crippen LogP contribution in [0.2, 0.25) is 0 Å². The van der Waals surface area contributed by atoms with Crippen molar-refractivity contribution in [1.29, 1.82) is 0 Å². The largest absolute Gasteiger partial charge is 0.354 e. The van der Waals surface area contributed by atoms with Crippen LogP contribution in [-0.2, 0) is 4.79 Å². The van der Waals surface area contributed by atoms with Crippen molar-refractivity contribution in [3.63, 3.8) is 0 Å². The van der Waals surface area contributed by atoms with Crippen LogP contribution in [0.4, 0.5) is 11.8 Å². The van der Waals surface area contributed by atoms with Crippen molar-refractivity contribution >= 4 is 35.0 Å². The van der Waals surface area contributed by atoms with Crippen molar-refractivity contribution in [2.45, 2.75) is 12.2 Å². The van der Waals surface area contributed by atoms with E-state index in [2.05, 4.69) is 37.0 Å². The molecule has 8 heteroatoms. The number of aliphatic imine (C=N–C) groups is 1. The van der Waals surface area contributed by atoms with Crippen molar-refractivity contribution in [1.82, 2.24) is 14.9 Å². The van der Waals surface area contributed by atoms with Crippen LogP contribution in [-0.4, -0.2) is 70.8 Å². The van der Waals surface area contributed by atoms with Gasteiger partial charge in [-0.15, -0.1) is 0 Å². The van der Waals surface area contributed by atoms with Gasteiger partial charge in [-0.3, -0.25) is 15.1 Å². The van der Waals surface area contributed by atoms with E-state index in [4.69, 9.17) is 0 Å². The topological polar surface area (TPSA) is 73.7 Å². The SMILES string of the molecule is CCN1CCN(c2ccnc(NC(=O)C3CN=CS3)n2)CC1. The van der Waals surface area contributed by atoms with Gasteiger partial charge in [-0.05, 0) is 12.6 Å². The van der Waals surface area contributed by atoms with E-state index in [1.54, 1.807) is 11.7 Å². The molecule has 3 heterocycles. The summed E-state index contributed by atoms with van der Waals surface area (Å²) in [6.07, 6.45) is 1.70. The van der Waals surface area contributed by atoms with Crippen molar-refractivity contribution < 1.29 is 4.79 Å². The highest BCUT2D eigenvalue weighted by Crippen LogP contribution is 2.18. The van der Waals surface area contributed by atoms with E-state index in [0.29, 0.717) is 12.5 Å². The van der Waals surface area contributed by atoms with Crippen molar-refractivity contribution in [3.8, 4) is 0 Å². The Labute approximate surface area is 134 Å². The molecule has 2 aliphatic rings. The van der Waals surface area contributed by atoms with Gasteiger partial charge >= 0.3 is 0 Å². The molecule has 2 aliphatic heterocycles. The number of carbonyl (C=O) groups is 1. The molecule has 1 aromatic rings. The molecule has 1 N–H and O–H groups in total. The van der Waals surface area contributed by atoms with Gasteiger partial charge in [-0.1, -0.05) is 18.7 Å². The number of carbonyl (C=O) groups excluding carboxylic acids is 1. The Morgan fingerprint density at radius 3 is 2.91 bits per heavy atom. The summed E-state index contributed by atoms with van der Waals surface area (Å²) in [7, 11) is 0. The van der Waals surface area contributed by atoms with Crippen LogP contribution in [0.15, 0.2) is 17.3 Å². The number of piperazine rings is 1. The second-order valence-corrected chi connectivity index (χ2v) is 6.30. The number of likely N-dealkylation sites (N-methyl/N-ethyl adjacent to an activating group) is 1. The minimum atomic E-state index is -0.166. The molecule has 0 aromatic carbocycles. The zero-order valence-electron chi connectivity index (χ0n) is 12.6. The predicted molar refractivity (Wildman–Crippen MR) is 89.7 cm³/mol. The Hall–Kier alpha value is -1.67. The maximum Gasteiger partial charge on any atom is 0.242 e. The van der Waals surface area contributed by atoms with Gasteiger partial charge in [0.05, 0.1) is 12.1 Å². The summed E-state index contributed by atoms with van der Waals surface area (Å²) in [5.41, 5.74) is 1.72. The highest BCUT2D eigenvalue weighted by atomic mass is 32.2. The summed E-state index contributed by atoms with van der Waals surface area (Å²) < 4.78 is 0. The molecule has 1 saturated heterocycles. The molecule has 1 aromatic heterocycles. The van der Waals surface area contributed by atoms with E-state index in [9.17, 15) is 4.79 Å². The van der Waals surface area contributed by atoms with Gasteiger partial charge < -0.3 is 9.80 Å². The summed E-state index contributed by atoms with van der Waals surface area (Å²) in [4.78, 5) is 29.4. The molecule has 118 valence electrons. The average Bonchev–Trinajstić information content (AvgIpc) is 3.10. The lowest BCUT2D eigenvalue weighted by Gasteiger charge is -2.34. The van der Waals surface area contributed by atoms with Crippen LogP contribution in [0.1, 0.15) is 6.92 Å². The zero-order chi connectivity index (χ0) is 15.4. The van der Waals surface area contributed by atoms with Gasteiger partial charge in [0.15, 0.2) is 0 Å². The molecule has 22 heavy (non-hydrogen) atoms. The average molecular weight is 320 g/mol. The number of nitrogens with zero attached hydrogens (tertiary/aromatic N) is 5. The van der Waals surface area contributed by atoms with E-state index >= 15 is 0 Å². The normalized spacial score (nSPS) is 22.0. The van der Waals surface area contributed by atoms with Crippen LogP contribution < -0.4 is 10.2 Å². The second-order valence-electron chi connectivity index (χ2n) is 5.24. The lowest BCUT2D eigenvalue weighted by molar-refractivity contribution is -0.115. The minimum absolute atomic E-state index is 0.0875. The van der Waals surface area contributed by atoms with Gasteiger partial charge in [-0.2, -0.15) is 4.98 Å². The fourth-order valence-electron chi connectivity index (χ4n) is 2.51. The first-order valence-corrected chi connectivity index (χ1v) is 8.45. The molecule has 0 saturated carbocycles. The summed E-state index contributed by atoms with van der Waals surface area (Å²) in [5, 5.41) is 2.62. The van der Waals surface area contributed by atoms with Gasteiger partial charge in [0.1, 0.15) is 11.1 Å². The molecule has 0 aliphatic carbocycles. The van der Waals surface area contributed by atoms with E-state index in [1.165, 1.54) is 11.8 Å². The fourth-order valence-corrected chi connectivity index (χ4v) is 3.19. The summed E-state index contributed by atoms with van der Waals surface area (Å²) in [6, 6.07) is 1.89. The maximum absolute atomic E-state index is 12.1. The third-order valence-corrected chi connectivity index (χ3v) is 4.85. The third kappa shape index (κ3) is 3.56. The Bertz CT molecular complexity index is 550. The molecule has 7 nitrogen and oxygen atoms in total. The van der Waals surface area contributed by atoms with Gasteiger partial charge in [0, 0.05) is 32.4 Å². The fraction of sp³-hybridized carbons (Fsp3) is 0.571. The number of anilines is 2. The smallest absolute Gasteiger partial charge is 0.242 e. The first-order chi connectivity index (χ1) is 10.8. The highest BCUT2D eigenvalue weighted by Gasteiger charge is 2.22.